The van der Waals surface area contributed by atoms with E-state index in [-0.39, 0.29) is 6.10 Å². The highest BCUT2D eigenvalue weighted by molar-refractivity contribution is 8.01. The van der Waals surface area contributed by atoms with E-state index in [2.05, 4.69) is 29.4 Å². The second kappa shape index (κ2) is 6.42. The summed E-state index contributed by atoms with van der Waals surface area (Å²) >= 11 is 3.12. The van der Waals surface area contributed by atoms with Gasteiger partial charge in [0.1, 0.15) is 5.01 Å². The Kier molecular flexibility index (Phi) is 5.52. The Hall–Kier alpha value is -0.170. The van der Waals surface area contributed by atoms with E-state index in [4.69, 9.17) is 0 Å². The molecule has 0 radical (unpaired) electrons. The molecule has 1 heterocycles. The number of nitrogens with zero attached hydrogens (tertiary/aromatic N) is 2. The van der Waals surface area contributed by atoms with Gasteiger partial charge in [0.15, 0.2) is 4.34 Å². The quantitative estimate of drug-likeness (QED) is 0.742. The topological polar surface area (TPSA) is 58.0 Å². The summed E-state index contributed by atoms with van der Waals surface area (Å²) in [6.45, 7) is 6.68. The van der Waals surface area contributed by atoms with Crippen LogP contribution in [-0.2, 0) is 0 Å². The number of nitrogens with one attached hydrogen (secondary N) is 1. The second-order valence-electron chi connectivity index (χ2n) is 3.61. The van der Waals surface area contributed by atoms with Gasteiger partial charge in [0.25, 0.3) is 0 Å². The van der Waals surface area contributed by atoms with Crippen molar-refractivity contribution < 1.29 is 5.11 Å². The zero-order valence-electron chi connectivity index (χ0n) is 9.23. The van der Waals surface area contributed by atoms with Crippen LogP contribution in [-0.4, -0.2) is 39.7 Å². The van der Waals surface area contributed by atoms with Crippen LogP contribution >= 0.6 is 23.1 Å². The molecule has 86 valence electrons. The van der Waals surface area contributed by atoms with Gasteiger partial charge in [-0.05, 0) is 6.92 Å². The van der Waals surface area contributed by atoms with Gasteiger partial charge in [-0.25, -0.2) is 0 Å². The first-order chi connectivity index (χ1) is 7.08. The first-order valence-electron chi connectivity index (χ1n) is 4.92. The fourth-order valence-electron chi connectivity index (χ4n) is 0.935. The van der Waals surface area contributed by atoms with Gasteiger partial charge in [-0.3, -0.25) is 0 Å². The van der Waals surface area contributed by atoms with Crippen LogP contribution in [0.1, 0.15) is 18.9 Å². The maximum atomic E-state index is 9.64. The van der Waals surface area contributed by atoms with Gasteiger partial charge < -0.3 is 10.4 Å². The number of aliphatic hydroxyl groups excluding tert-OH is 1. The van der Waals surface area contributed by atoms with Gasteiger partial charge in [0.2, 0.25) is 0 Å². The molecular weight excluding hydrogens is 230 g/mol. The number of hydrogen-bond acceptors (Lipinski definition) is 6. The van der Waals surface area contributed by atoms with Crippen LogP contribution in [0.4, 0.5) is 0 Å². The Balaban J connectivity index is 2.19. The van der Waals surface area contributed by atoms with E-state index >= 15 is 0 Å². The smallest absolute Gasteiger partial charge is 0.174 e. The molecule has 0 aliphatic rings. The van der Waals surface area contributed by atoms with Crippen LogP contribution in [0.5, 0.6) is 0 Å². The molecule has 0 saturated carbocycles. The fourth-order valence-corrected chi connectivity index (χ4v) is 2.70. The van der Waals surface area contributed by atoms with E-state index in [9.17, 15) is 5.11 Å². The molecule has 0 amide bonds. The van der Waals surface area contributed by atoms with Crippen LogP contribution in [0.2, 0.25) is 0 Å². The fraction of sp³-hybridized carbons (Fsp3) is 0.778. The van der Waals surface area contributed by atoms with E-state index in [1.807, 2.05) is 6.92 Å². The third-order valence-corrected chi connectivity index (χ3v) is 3.79. The molecule has 0 fully saturated rings. The Bertz CT molecular complexity index is 291. The highest BCUT2D eigenvalue weighted by Crippen LogP contribution is 2.22. The van der Waals surface area contributed by atoms with E-state index in [1.165, 1.54) is 0 Å². The maximum Gasteiger partial charge on any atom is 0.174 e. The number of thioether (sulfide) groups is 1. The first kappa shape index (κ1) is 12.9. The molecule has 6 heteroatoms. The summed E-state index contributed by atoms with van der Waals surface area (Å²) in [5.74, 6) is 0.661. The van der Waals surface area contributed by atoms with Crippen molar-refractivity contribution in [3.8, 4) is 0 Å². The van der Waals surface area contributed by atoms with Gasteiger partial charge in [-0.15, -0.1) is 10.2 Å². The molecule has 0 aliphatic carbocycles. The average Bonchev–Trinajstić information content (AvgIpc) is 2.58. The minimum atomic E-state index is -0.332. The van der Waals surface area contributed by atoms with E-state index < -0.39 is 0 Å². The number of aryl methyl sites for hydroxylation is 1. The summed E-state index contributed by atoms with van der Waals surface area (Å²) < 4.78 is 0.927. The Morgan fingerprint density at radius 2 is 2.20 bits per heavy atom. The van der Waals surface area contributed by atoms with Crippen molar-refractivity contribution in [1.82, 2.24) is 15.5 Å². The normalized spacial score (nSPS) is 13.4. The maximum absolute atomic E-state index is 9.64. The van der Waals surface area contributed by atoms with Gasteiger partial charge in [0.05, 0.1) is 6.10 Å². The minimum Gasteiger partial charge on any atom is -0.391 e. The lowest BCUT2D eigenvalue weighted by atomic mass is 10.3. The van der Waals surface area contributed by atoms with Gasteiger partial charge in [-0.2, -0.15) is 0 Å². The van der Waals surface area contributed by atoms with Crippen molar-refractivity contribution in [2.24, 2.45) is 0 Å². The molecule has 0 aromatic carbocycles. The molecule has 1 atom stereocenters. The molecule has 1 unspecified atom stereocenters. The Morgan fingerprint density at radius 3 is 2.73 bits per heavy atom. The molecule has 2 N–H and O–H groups in total. The summed E-state index contributed by atoms with van der Waals surface area (Å²) in [4.78, 5) is 0. The lowest BCUT2D eigenvalue weighted by molar-refractivity contribution is 0.192. The molecule has 1 aromatic heterocycles. The molecule has 4 nitrogen and oxygen atoms in total. The van der Waals surface area contributed by atoms with Crippen molar-refractivity contribution in [2.45, 2.75) is 37.3 Å². The highest BCUT2D eigenvalue weighted by Gasteiger charge is 2.08. The molecule has 0 bridgehead atoms. The van der Waals surface area contributed by atoms with Crippen LogP contribution in [0.3, 0.4) is 0 Å². The predicted octanol–water partition coefficient (Wildman–Crippen LogP) is 1.30. The summed E-state index contributed by atoms with van der Waals surface area (Å²) in [7, 11) is 0. The lowest BCUT2D eigenvalue weighted by Gasteiger charge is -2.12. The van der Waals surface area contributed by atoms with Crippen molar-refractivity contribution in [1.29, 1.82) is 0 Å². The molecule has 1 rings (SSSR count). The molecule has 0 spiro atoms. The number of hydrogen-bond donors (Lipinski definition) is 2. The third kappa shape index (κ3) is 5.46. The van der Waals surface area contributed by atoms with Crippen LogP contribution in [0.25, 0.3) is 0 Å². The Labute approximate surface area is 98.5 Å². The SMILES string of the molecule is Cc1nnc(SCC(O)CNC(C)C)s1. The monoisotopic (exact) mass is 247 g/mol. The van der Waals surface area contributed by atoms with Gasteiger partial charge in [0, 0.05) is 18.3 Å². The largest absolute Gasteiger partial charge is 0.391 e. The molecule has 1 aromatic rings. The van der Waals surface area contributed by atoms with Crippen LogP contribution in [0, 0.1) is 6.92 Å². The first-order valence-corrected chi connectivity index (χ1v) is 6.72. The van der Waals surface area contributed by atoms with Crippen molar-refractivity contribution >= 4 is 23.1 Å². The average molecular weight is 247 g/mol. The van der Waals surface area contributed by atoms with Crippen LogP contribution in [0.15, 0.2) is 4.34 Å². The highest BCUT2D eigenvalue weighted by atomic mass is 32.2. The zero-order valence-corrected chi connectivity index (χ0v) is 10.9. The zero-order chi connectivity index (χ0) is 11.3. The summed E-state index contributed by atoms with van der Waals surface area (Å²) in [6, 6.07) is 0.411. The summed E-state index contributed by atoms with van der Waals surface area (Å²) in [5.41, 5.74) is 0. The van der Waals surface area contributed by atoms with Gasteiger partial charge >= 0.3 is 0 Å². The third-order valence-electron chi connectivity index (χ3n) is 1.67. The van der Waals surface area contributed by atoms with E-state index in [0.717, 1.165) is 9.35 Å². The number of aromatic nitrogens is 2. The molecular formula is C9H17N3OS2. The van der Waals surface area contributed by atoms with Crippen LogP contribution < -0.4 is 5.32 Å². The number of rotatable bonds is 6. The second-order valence-corrected chi connectivity index (χ2v) is 6.06. The van der Waals surface area contributed by atoms with E-state index in [1.54, 1.807) is 23.1 Å². The summed E-state index contributed by atoms with van der Waals surface area (Å²) in [6.07, 6.45) is -0.332. The standard InChI is InChI=1S/C9H17N3OS2/c1-6(2)10-4-8(13)5-14-9-12-11-7(3)15-9/h6,8,10,13H,4-5H2,1-3H3. The van der Waals surface area contributed by atoms with Gasteiger partial charge in [-0.1, -0.05) is 36.9 Å². The number of aliphatic hydroxyl groups is 1. The molecule has 15 heavy (non-hydrogen) atoms. The van der Waals surface area contributed by atoms with Crippen molar-refractivity contribution in [3.05, 3.63) is 5.01 Å². The lowest BCUT2D eigenvalue weighted by Crippen LogP contribution is -2.33. The predicted molar refractivity (Wildman–Crippen MR) is 64.5 cm³/mol. The molecule has 0 aliphatic heterocycles. The minimum absolute atomic E-state index is 0.332. The van der Waals surface area contributed by atoms with Crippen molar-refractivity contribution in [3.63, 3.8) is 0 Å². The Morgan fingerprint density at radius 1 is 1.47 bits per heavy atom. The summed E-state index contributed by atoms with van der Waals surface area (Å²) in [5, 5.41) is 21.7. The molecule has 0 saturated heterocycles. The van der Waals surface area contributed by atoms with Crippen molar-refractivity contribution in [2.75, 3.05) is 12.3 Å². The van der Waals surface area contributed by atoms with E-state index in [0.29, 0.717) is 18.3 Å².